The number of carbonyl (C=O) groups is 1. The van der Waals surface area contributed by atoms with Gasteiger partial charge in [0.25, 0.3) is 0 Å². The molecule has 152 valence electrons. The second kappa shape index (κ2) is 13.7. The smallest absolute Gasteiger partial charge is 0.150 e. The van der Waals surface area contributed by atoms with Gasteiger partial charge in [-0.2, -0.15) is 0 Å². The fourth-order valence-corrected chi connectivity index (χ4v) is 2.83. The van der Waals surface area contributed by atoms with Crippen molar-refractivity contribution in [3.05, 3.63) is 70.6 Å². The van der Waals surface area contributed by atoms with Crippen LogP contribution in [-0.4, -0.2) is 25.5 Å². The third-order valence-corrected chi connectivity index (χ3v) is 4.46. The van der Waals surface area contributed by atoms with Crippen LogP contribution in [0.3, 0.4) is 0 Å². The van der Waals surface area contributed by atoms with E-state index in [0.717, 1.165) is 12.5 Å². The number of aldehydes is 1. The normalized spacial score (nSPS) is 14.4. The monoisotopic (exact) mass is 384 g/mol. The minimum absolute atomic E-state index is 0.339. The summed E-state index contributed by atoms with van der Waals surface area (Å²) in [6, 6.07) is 17.0. The molecule has 5 heteroatoms. The summed E-state index contributed by atoms with van der Waals surface area (Å²) in [7, 11) is 1.82. The molecule has 28 heavy (non-hydrogen) atoms. The van der Waals surface area contributed by atoms with Gasteiger partial charge in [-0.25, -0.2) is 0 Å². The highest BCUT2D eigenvalue weighted by Crippen LogP contribution is 2.35. The Kier molecular flexibility index (Phi) is 11.6. The van der Waals surface area contributed by atoms with Crippen molar-refractivity contribution >= 4 is 12.0 Å². The minimum Gasteiger partial charge on any atom is -0.380 e. The number of rotatable bonds is 8. The average molecular weight is 385 g/mol. The Morgan fingerprint density at radius 1 is 1.11 bits per heavy atom. The lowest BCUT2D eigenvalue weighted by atomic mass is 10.1. The van der Waals surface area contributed by atoms with Gasteiger partial charge in [0, 0.05) is 25.3 Å². The maximum absolute atomic E-state index is 10.1. The number of hydrogen-bond donors (Lipinski definition) is 1. The summed E-state index contributed by atoms with van der Waals surface area (Å²) >= 11 is 0. The van der Waals surface area contributed by atoms with Gasteiger partial charge in [-0.1, -0.05) is 44.2 Å². The van der Waals surface area contributed by atoms with Crippen molar-refractivity contribution in [1.82, 2.24) is 5.32 Å². The molecule has 0 aromatic heterocycles. The molecule has 0 aliphatic heterocycles. The van der Waals surface area contributed by atoms with Crippen LogP contribution in [0.1, 0.15) is 49.5 Å². The molecule has 2 aromatic carbocycles. The predicted molar refractivity (Wildman–Crippen MR) is 115 cm³/mol. The molecule has 1 N–H and O–H groups in total. The van der Waals surface area contributed by atoms with Gasteiger partial charge in [0.2, 0.25) is 0 Å². The summed E-state index contributed by atoms with van der Waals surface area (Å²) in [5.41, 5.74) is 2.22. The molecule has 0 saturated heterocycles. The summed E-state index contributed by atoms with van der Waals surface area (Å²) in [5.74, 6) is 0.781. The van der Waals surface area contributed by atoms with Crippen LogP contribution in [0, 0.1) is 10.8 Å². The number of nitrogens with zero attached hydrogens (tertiary/aromatic N) is 1. The standard InChI is InChI=1S/C14H21NO.C7H5NO2.C2H6/c1-11(14(16-2)13-8-9-13)15-10-12-6-4-3-5-7-12;9-5-6-1-3-7(8-10)4-2-6;1-2/h3-7,11,13-15H,8-10H2,1-2H3;1-5H;1-2H3. The Balaban J connectivity index is 0.000000281. The number of carbonyl (C=O) groups excluding carboxylic acids is 1. The van der Waals surface area contributed by atoms with Gasteiger partial charge in [0.1, 0.15) is 12.0 Å². The molecule has 0 spiro atoms. The zero-order chi connectivity index (χ0) is 20.8. The molecular weight excluding hydrogens is 352 g/mol. The average Bonchev–Trinajstić information content (AvgIpc) is 3.60. The van der Waals surface area contributed by atoms with E-state index in [1.165, 1.54) is 30.5 Å². The lowest BCUT2D eigenvalue weighted by molar-refractivity contribution is 0.0559. The maximum atomic E-state index is 10.1. The summed E-state index contributed by atoms with van der Waals surface area (Å²) in [4.78, 5) is 20.0. The van der Waals surface area contributed by atoms with Crippen molar-refractivity contribution < 1.29 is 9.53 Å². The number of benzene rings is 2. The Labute approximate surface area is 168 Å². The van der Waals surface area contributed by atoms with E-state index in [1.54, 1.807) is 12.1 Å². The molecule has 0 bridgehead atoms. The first kappa shape index (κ1) is 23.7. The number of methoxy groups -OCH3 is 1. The zero-order valence-corrected chi connectivity index (χ0v) is 17.3. The van der Waals surface area contributed by atoms with Crippen LogP contribution in [0.2, 0.25) is 0 Å². The van der Waals surface area contributed by atoms with Gasteiger partial charge >= 0.3 is 0 Å². The highest BCUT2D eigenvalue weighted by Gasteiger charge is 2.34. The molecule has 1 fully saturated rings. The molecule has 1 saturated carbocycles. The molecule has 1 aliphatic rings. The van der Waals surface area contributed by atoms with E-state index in [0.29, 0.717) is 29.7 Å². The van der Waals surface area contributed by atoms with Crippen molar-refractivity contribution in [2.45, 2.75) is 52.3 Å². The van der Waals surface area contributed by atoms with Crippen molar-refractivity contribution in [2.75, 3.05) is 7.11 Å². The second-order valence-corrected chi connectivity index (χ2v) is 6.49. The Morgan fingerprint density at radius 3 is 2.18 bits per heavy atom. The largest absolute Gasteiger partial charge is 0.380 e. The SMILES string of the molecule is CC.COC(C1CC1)C(C)NCc1ccccc1.O=Cc1ccc(N=O)cc1. The van der Waals surface area contributed by atoms with Gasteiger partial charge in [-0.05, 0) is 60.7 Å². The van der Waals surface area contributed by atoms with Gasteiger partial charge in [-0.3, -0.25) is 4.79 Å². The molecule has 2 aromatic rings. The fraction of sp³-hybridized carbons (Fsp3) is 0.435. The van der Waals surface area contributed by atoms with Gasteiger partial charge < -0.3 is 10.1 Å². The minimum atomic E-state index is 0.339. The summed E-state index contributed by atoms with van der Waals surface area (Å²) < 4.78 is 5.56. The zero-order valence-electron chi connectivity index (χ0n) is 17.3. The summed E-state index contributed by atoms with van der Waals surface area (Å²) in [5, 5.41) is 6.23. The Morgan fingerprint density at radius 2 is 1.71 bits per heavy atom. The van der Waals surface area contributed by atoms with Crippen LogP contribution < -0.4 is 5.32 Å². The van der Waals surface area contributed by atoms with E-state index < -0.39 is 0 Å². The van der Waals surface area contributed by atoms with E-state index in [4.69, 9.17) is 4.74 Å². The highest BCUT2D eigenvalue weighted by molar-refractivity contribution is 5.75. The lowest BCUT2D eigenvalue weighted by Crippen LogP contribution is -2.39. The van der Waals surface area contributed by atoms with E-state index in [1.807, 2.05) is 21.0 Å². The molecule has 2 atom stereocenters. The van der Waals surface area contributed by atoms with E-state index in [-0.39, 0.29) is 0 Å². The number of nitrogens with one attached hydrogen (secondary N) is 1. The van der Waals surface area contributed by atoms with Gasteiger partial charge in [0.15, 0.2) is 0 Å². The fourth-order valence-electron chi connectivity index (χ4n) is 2.83. The van der Waals surface area contributed by atoms with E-state index in [2.05, 4.69) is 47.7 Å². The predicted octanol–water partition coefficient (Wildman–Crippen LogP) is 5.51. The Hall–Kier alpha value is -2.37. The first-order valence-corrected chi connectivity index (χ1v) is 9.86. The van der Waals surface area contributed by atoms with Crippen LogP contribution in [0.15, 0.2) is 59.8 Å². The van der Waals surface area contributed by atoms with Crippen molar-refractivity contribution in [3.63, 3.8) is 0 Å². The van der Waals surface area contributed by atoms with Crippen molar-refractivity contribution in [2.24, 2.45) is 11.1 Å². The van der Waals surface area contributed by atoms with Crippen molar-refractivity contribution in [1.29, 1.82) is 0 Å². The first-order valence-electron chi connectivity index (χ1n) is 9.86. The van der Waals surface area contributed by atoms with E-state index >= 15 is 0 Å². The second-order valence-electron chi connectivity index (χ2n) is 6.49. The molecular formula is C23H32N2O3. The lowest BCUT2D eigenvalue weighted by Gasteiger charge is -2.23. The Bertz CT molecular complexity index is 643. The molecule has 0 heterocycles. The van der Waals surface area contributed by atoms with Crippen LogP contribution in [0.5, 0.6) is 0 Å². The third-order valence-electron chi connectivity index (χ3n) is 4.46. The number of hydrogen-bond acceptors (Lipinski definition) is 5. The maximum Gasteiger partial charge on any atom is 0.150 e. The van der Waals surface area contributed by atoms with Crippen LogP contribution in [0.4, 0.5) is 5.69 Å². The van der Waals surface area contributed by atoms with Crippen LogP contribution >= 0.6 is 0 Å². The third kappa shape index (κ3) is 8.55. The number of nitroso groups, excluding NO2 is 1. The quantitative estimate of drug-likeness (QED) is 0.481. The first-order chi connectivity index (χ1) is 13.7. The van der Waals surface area contributed by atoms with E-state index in [9.17, 15) is 9.70 Å². The molecule has 1 aliphatic carbocycles. The molecule has 0 amide bonds. The van der Waals surface area contributed by atoms with Gasteiger partial charge in [0.05, 0.1) is 6.10 Å². The van der Waals surface area contributed by atoms with Crippen molar-refractivity contribution in [3.8, 4) is 0 Å². The highest BCUT2D eigenvalue weighted by atomic mass is 16.5. The molecule has 5 nitrogen and oxygen atoms in total. The molecule has 2 unspecified atom stereocenters. The number of ether oxygens (including phenoxy) is 1. The van der Waals surface area contributed by atoms with Gasteiger partial charge in [-0.15, -0.1) is 4.91 Å². The summed E-state index contributed by atoms with van der Waals surface area (Å²) in [6.07, 6.45) is 3.75. The summed E-state index contributed by atoms with van der Waals surface area (Å²) in [6.45, 7) is 7.14. The molecule has 0 radical (unpaired) electrons. The van der Waals surface area contributed by atoms with Crippen LogP contribution in [-0.2, 0) is 11.3 Å². The van der Waals surface area contributed by atoms with Crippen LogP contribution in [0.25, 0.3) is 0 Å². The topological polar surface area (TPSA) is 67.8 Å². The molecule has 3 rings (SSSR count).